The Morgan fingerprint density at radius 3 is 2.13 bits per heavy atom. The number of hydrogen-bond acceptors (Lipinski definition) is 6. The summed E-state index contributed by atoms with van der Waals surface area (Å²) in [6, 6.07) is 9.81. The molecular formula is C29H45Cl2N5O2. The maximum Gasteiger partial charge on any atom is 0.219 e. The number of rotatable bonds is 11. The molecule has 0 spiro atoms. The van der Waals surface area contributed by atoms with Gasteiger partial charge in [-0.2, -0.15) is 0 Å². The highest BCUT2D eigenvalue weighted by atomic mass is 35.5. The zero-order valence-electron chi connectivity index (χ0n) is 23.6. The second kappa shape index (κ2) is 23.3. The number of carbonyl (C=O) groups is 2. The number of carbonyl (C=O) groups excluding carboxylic acids is 2. The van der Waals surface area contributed by atoms with E-state index < -0.39 is 0 Å². The summed E-state index contributed by atoms with van der Waals surface area (Å²) in [5, 5.41) is 6.87. The number of aliphatic imine (C=N–C) groups is 1. The Hall–Kier alpha value is -2.87. The molecular weight excluding hydrogens is 521 g/mol. The number of aryl methyl sites for hydroxylation is 2. The van der Waals surface area contributed by atoms with Crippen LogP contribution in [0.2, 0.25) is 10.0 Å². The minimum atomic E-state index is 0.0972. The van der Waals surface area contributed by atoms with Gasteiger partial charge in [0.25, 0.3) is 0 Å². The van der Waals surface area contributed by atoms with Crippen LogP contribution < -0.4 is 16.4 Å². The lowest BCUT2D eigenvalue weighted by molar-refractivity contribution is -0.120. The lowest BCUT2D eigenvalue weighted by Gasteiger charge is -2.22. The Bertz CT molecular complexity index is 964. The molecule has 0 fully saturated rings. The molecule has 0 radical (unpaired) electrons. The number of nitrogens with zero attached hydrogens (tertiary/aromatic N) is 2. The van der Waals surface area contributed by atoms with Gasteiger partial charge in [0.1, 0.15) is 6.79 Å². The van der Waals surface area contributed by atoms with E-state index in [0.717, 1.165) is 55.8 Å². The van der Waals surface area contributed by atoms with Crippen molar-refractivity contribution >= 4 is 54.0 Å². The lowest BCUT2D eigenvalue weighted by Crippen LogP contribution is -2.27. The molecule has 4 N–H and O–H groups in total. The molecule has 0 aliphatic carbocycles. The highest BCUT2D eigenvalue weighted by molar-refractivity contribution is 6.42. The summed E-state index contributed by atoms with van der Waals surface area (Å²) in [5.41, 5.74) is 11.2. The minimum absolute atomic E-state index is 0.0972. The molecule has 7 nitrogen and oxygen atoms in total. The van der Waals surface area contributed by atoms with Crippen LogP contribution in [0.15, 0.2) is 48.1 Å². The Morgan fingerprint density at radius 1 is 1.05 bits per heavy atom. The summed E-state index contributed by atoms with van der Waals surface area (Å²) in [6.07, 6.45) is 5.14. The van der Waals surface area contributed by atoms with Crippen molar-refractivity contribution in [2.75, 3.05) is 38.2 Å². The van der Waals surface area contributed by atoms with Gasteiger partial charge in [-0.1, -0.05) is 49.2 Å². The predicted molar refractivity (Wildman–Crippen MR) is 167 cm³/mol. The number of unbranched alkanes of at least 4 members (excludes halogenated alkanes) is 1. The first-order valence-corrected chi connectivity index (χ1v) is 13.2. The molecule has 2 aromatic carbocycles. The quantitative estimate of drug-likeness (QED) is 0.208. The van der Waals surface area contributed by atoms with Crippen LogP contribution in [0.3, 0.4) is 0 Å². The van der Waals surface area contributed by atoms with Gasteiger partial charge in [-0.15, -0.1) is 0 Å². The second-order valence-electron chi connectivity index (χ2n) is 8.29. The molecule has 0 aromatic heterocycles. The number of nitrogen functional groups attached to an aromatic ring is 1. The summed E-state index contributed by atoms with van der Waals surface area (Å²) in [5.74, 6) is 0.0972. The Kier molecular flexibility index (Phi) is 22.8. The predicted octanol–water partition coefficient (Wildman–Crippen LogP) is 6.69. The van der Waals surface area contributed by atoms with Gasteiger partial charge in [0.2, 0.25) is 5.91 Å². The van der Waals surface area contributed by atoms with Gasteiger partial charge in [-0.05, 0) is 87.5 Å². The number of nitrogens with two attached hydrogens (primary N) is 1. The minimum Gasteiger partial charge on any atom is -0.397 e. The largest absolute Gasteiger partial charge is 0.397 e. The molecule has 9 heteroatoms. The molecule has 0 aliphatic rings. The third-order valence-corrected chi connectivity index (χ3v) is 6.18. The molecule has 0 atom stereocenters. The monoisotopic (exact) mass is 565 g/mol. The number of amides is 1. The van der Waals surface area contributed by atoms with Crippen molar-refractivity contribution in [3.05, 3.63) is 69.8 Å². The standard InChI is InChI=1S/C16H24Cl2N2O.C9H14N2.C3H5N.CH2O/c1-3-4-9-20(10-5-6-16(21)19-2)12-13-7-8-14(17)15(18)11-13;1-6-4-8(10)9(11-3)5-7(6)2;1-3-4-2;1-2/h7-8,11H,3-6,9-10,12H2,1-2H3,(H,19,21);4-5,11H,10H2,1-3H3;3H,1-2H2;1H2. The SMILES string of the molecule is C=CN=C.C=O.CCCCN(CCCC(=O)NC)Cc1ccc(Cl)c(Cl)c1.CNc1cc(C)c(C)cc1N. The molecule has 2 aromatic rings. The third-order valence-electron chi connectivity index (χ3n) is 5.44. The van der Waals surface area contributed by atoms with Crippen LogP contribution in [0.1, 0.15) is 49.3 Å². The number of halogens is 2. The normalized spacial score (nSPS) is 9.47. The molecule has 0 unspecified atom stereocenters. The fourth-order valence-corrected chi connectivity index (χ4v) is 3.51. The molecule has 1 amide bonds. The first-order valence-electron chi connectivity index (χ1n) is 12.4. The number of hydrogen-bond donors (Lipinski definition) is 3. The molecule has 0 heterocycles. The first-order chi connectivity index (χ1) is 18.1. The lowest BCUT2D eigenvalue weighted by atomic mass is 10.1. The van der Waals surface area contributed by atoms with Gasteiger partial charge >= 0.3 is 0 Å². The molecule has 38 heavy (non-hydrogen) atoms. The van der Waals surface area contributed by atoms with Crippen molar-refractivity contribution in [3.63, 3.8) is 0 Å². The molecule has 0 aliphatic heterocycles. The van der Waals surface area contributed by atoms with Crippen molar-refractivity contribution in [2.45, 2.75) is 53.0 Å². The van der Waals surface area contributed by atoms with E-state index in [1.165, 1.54) is 17.3 Å². The maximum absolute atomic E-state index is 11.3. The van der Waals surface area contributed by atoms with E-state index in [1.807, 2.05) is 38.1 Å². The van der Waals surface area contributed by atoms with Crippen LogP contribution >= 0.6 is 23.2 Å². The van der Waals surface area contributed by atoms with Crippen LogP contribution in [0, 0.1) is 13.8 Å². The third kappa shape index (κ3) is 16.8. The Morgan fingerprint density at radius 2 is 1.63 bits per heavy atom. The zero-order chi connectivity index (χ0) is 29.5. The summed E-state index contributed by atoms with van der Waals surface area (Å²) >= 11 is 12.0. The van der Waals surface area contributed by atoms with E-state index in [9.17, 15) is 4.79 Å². The highest BCUT2D eigenvalue weighted by Gasteiger charge is 2.08. The summed E-state index contributed by atoms with van der Waals surface area (Å²) in [4.78, 5) is 24.9. The van der Waals surface area contributed by atoms with E-state index in [4.69, 9.17) is 33.7 Å². The molecule has 0 saturated carbocycles. The Labute approximate surface area is 239 Å². The summed E-state index contributed by atoms with van der Waals surface area (Å²) < 4.78 is 0. The van der Waals surface area contributed by atoms with Crippen LogP contribution in [0.25, 0.3) is 0 Å². The smallest absolute Gasteiger partial charge is 0.219 e. The molecule has 0 bridgehead atoms. The zero-order valence-corrected chi connectivity index (χ0v) is 25.1. The summed E-state index contributed by atoms with van der Waals surface area (Å²) in [6.45, 7) is 17.5. The van der Waals surface area contributed by atoms with Crippen molar-refractivity contribution < 1.29 is 9.59 Å². The van der Waals surface area contributed by atoms with Crippen molar-refractivity contribution in [1.82, 2.24) is 10.2 Å². The second-order valence-corrected chi connectivity index (χ2v) is 9.11. The van der Waals surface area contributed by atoms with Crippen LogP contribution in [-0.2, 0) is 16.1 Å². The molecule has 212 valence electrons. The van der Waals surface area contributed by atoms with Gasteiger partial charge in [-0.3, -0.25) is 14.7 Å². The van der Waals surface area contributed by atoms with Gasteiger partial charge in [0.15, 0.2) is 0 Å². The average Bonchev–Trinajstić information content (AvgIpc) is 2.92. The number of benzene rings is 2. The maximum atomic E-state index is 11.3. The van der Waals surface area contributed by atoms with E-state index in [1.54, 1.807) is 7.05 Å². The van der Waals surface area contributed by atoms with Crippen molar-refractivity contribution in [1.29, 1.82) is 0 Å². The van der Waals surface area contributed by atoms with Gasteiger partial charge < -0.3 is 21.2 Å². The van der Waals surface area contributed by atoms with Crippen molar-refractivity contribution in [3.8, 4) is 0 Å². The van der Waals surface area contributed by atoms with E-state index >= 15 is 0 Å². The van der Waals surface area contributed by atoms with Gasteiger partial charge in [0, 0.05) is 33.3 Å². The first kappa shape index (κ1) is 37.3. The van der Waals surface area contributed by atoms with E-state index in [2.05, 4.69) is 60.7 Å². The van der Waals surface area contributed by atoms with Crippen LogP contribution in [-0.4, -0.2) is 51.5 Å². The topological polar surface area (TPSA) is 99.8 Å². The molecule has 2 rings (SSSR count). The average molecular weight is 567 g/mol. The van der Waals surface area contributed by atoms with Crippen LogP contribution in [0.5, 0.6) is 0 Å². The number of nitrogens with one attached hydrogen (secondary N) is 2. The van der Waals surface area contributed by atoms with Crippen LogP contribution in [0.4, 0.5) is 11.4 Å². The van der Waals surface area contributed by atoms with Gasteiger partial charge in [0.05, 0.1) is 21.4 Å². The number of anilines is 2. The Balaban J connectivity index is 0. The highest BCUT2D eigenvalue weighted by Crippen LogP contribution is 2.23. The van der Waals surface area contributed by atoms with E-state index in [-0.39, 0.29) is 5.91 Å². The van der Waals surface area contributed by atoms with E-state index in [0.29, 0.717) is 16.5 Å². The fourth-order valence-electron chi connectivity index (χ4n) is 3.19. The van der Waals surface area contributed by atoms with Crippen molar-refractivity contribution in [2.24, 2.45) is 4.99 Å². The summed E-state index contributed by atoms with van der Waals surface area (Å²) in [7, 11) is 3.55. The molecule has 0 saturated heterocycles. The van der Waals surface area contributed by atoms with Gasteiger partial charge in [-0.25, -0.2) is 0 Å². The fraction of sp³-hybridized carbons (Fsp3) is 0.414.